The van der Waals surface area contributed by atoms with E-state index in [0.29, 0.717) is 11.9 Å². The second kappa shape index (κ2) is 5.02. The Hall–Kier alpha value is -0.800. The summed E-state index contributed by atoms with van der Waals surface area (Å²) in [5.74, 6) is 1.47. The van der Waals surface area contributed by atoms with E-state index in [9.17, 15) is 0 Å². The number of alkyl halides is 1. The van der Waals surface area contributed by atoms with Gasteiger partial charge in [-0.3, -0.25) is 0 Å². The van der Waals surface area contributed by atoms with Crippen LogP contribution in [0.25, 0.3) is 0 Å². The zero-order chi connectivity index (χ0) is 11.5. The fraction of sp³-hybridized carbons (Fsp3) is 0.583. The lowest BCUT2D eigenvalue weighted by atomic mass is 10.1. The Balaban J connectivity index is 2.22. The molecule has 0 amide bonds. The van der Waals surface area contributed by atoms with Crippen LogP contribution in [0, 0.1) is 0 Å². The molecule has 3 nitrogen and oxygen atoms in total. The van der Waals surface area contributed by atoms with Crippen molar-refractivity contribution in [3.05, 3.63) is 23.9 Å². The molecule has 2 heterocycles. The second-order valence-electron chi connectivity index (χ2n) is 4.16. The van der Waals surface area contributed by atoms with Crippen LogP contribution in [-0.2, 0) is 10.6 Å². The maximum absolute atomic E-state index is 5.92. The number of nitrogens with zero attached hydrogens (tertiary/aromatic N) is 2. The first kappa shape index (κ1) is 11.7. The van der Waals surface area contributed by atoms with Crippen LogP contribution in [0.2, 0.25) is 0 Å². The van der Waals surface area contributed by atoms with E-state index in [1.54, 1.807) is 0 Å². The minimum atomic E-state index is 0.259. The minimum Gasteiger partial charge on any atom is -0.376 e. The molecule has 1 aliphatic heterocycles. The highest BCUT2D eigenvalue weighted by molar-refractivity contribution is 6.17. The highest BCUT2D eigenvalue weighted by Crippen LogP contribution is 2.25. The molecular formula is C12H17ClN2O. The summed E-state index contributed by atoms with van der Waals surface area (Å²) in [7, 11) is 2.06. The van der Waals surface area contributed by atoms with Crippen molar-refractivity contribution in [1.29, 1.82) is 0 Å². The normalized spacial score (nSPS) is 24.7. The van der Waals surface area contributed by atoms with Crippen LogP contribution < -0.4 is 4.90 Å². The minimum absolute atomic E-state index is 0.259. The summed E-state index contributed by atoms with van der Waals surface area (Å²) in [4.78, 5) is 6.60. The second-order valence-corrected chi connectivity index (χ2v) is 4.43. The molecule has 0 aliphatic carbocycles. The highest BCUT2D eigenvalue weighted by Gasteiger charge is 2.29. The van der Waals surface area contributed by atoms with E-state index in [1.165, 1.54) is 0 Å². The van der Waals surface area contributed by atoms with Gasteiger partial charge in [-0.05, 0) is 19.4 Å². The average Bonchev–Trinajstić information content (AvgIpc) is 2.74. The van der Waals surface area contributed by atoms with E-state index >= 15 is 0 Å². The van der Waals surface area contributed by atoms with Gasteiger partial charge in [-0.1, -0.05) is 6.07 Å². The first-order valence-electron chi connectivity index (χ1n) is 5.58. The number of hydrogen-bond donors (Lipinski definition) is 0. The van der Waals surface area contributed by atoms with E-state index in [0.717, 1.165) is 24.4 Å². The van der Waals surface area contributed by atoms with Gasteiger partial charge in [0, 0.05) is 25.4 Å². The van der Waals surface area contributed by atoms with Gasteiger partial charge in [-0.25, -0.2) is 4.98 Å². The molecule has 0 N–H and O–H groups in total. The predicted molar refractivity (Wildman–Crippen MR) is 66.0 cm³/mol. The molecule has 0 aromatic carbocycles. The smallest absolute Gasteiger partial charge is 0.133 e. The molecule has 1 aromatic heterocycles. The number of ether oxygens (including phenoxy) is 1. The molecule has 88 valence electrons. The fourth-order valence-electron chi connectivity index (χ4n) is 2.24. The van der Waals surface area contributed by atoms with E-state index < -0.39 is 0 Å². The largest absolute Gasteiger partial charge is 0.376 e. The summed E-state index contributed by atoms with van der Waals surface area (Å²) < 4.78 is 5.58. The summed E-state index contributed by atoms with van der Waals surface area (Å²) >= 11 is 5.92. The van der Waals surface area contributed by atoms with Crippen LogP contribution in [-0.4, -0.2) is 30.8 Å². The predicted octanol–water partition coefficient (Wildman–Crippen LogP) is 2.43. The quantitative estimate of drug-likeness (QED) is 0.759. The Bertz CT molecular complexity index is 359. The summed E-state index contributed by atoms with van der Waals surface area (Å²) in [5.41, 5.74) is 1.07. The lowest BCUT2D eigenvalue weighted by molar-refractivity contribution is 0.118. The Morgan fingerprint density at radius 2 is 2.44 bits per heavy atom. The van der Waals surface area contributed by atoms with E-state index in [-0.39, 0.29) is 6.10 Å². The first-order chi connectivity index (χ1) is 7.74. The number of rotatable bonds is 3. The zero-order valence-corrected chi connectivity index (χ0v) is 10.4. The van der Waals surface area contributed by atoms with Crippen molar-refractivity contribution in [3.63, 3.8) is 0 Å². The number of halogens is 1. The number of hydrogen-bond acceptors (Lipinski definition) is 3. The monoisotopic (exact) mass is 240 g/mol. The Morgan fingerprint density at radius 3 is 3.06 bits per heavy atom. The molecule has 16 heavy (non-hydrogen) atoms. The molecule has 1 saturated heterocycles. The Labute approximate surface area is 101 Å². The third kappa shape index (κ3) is 2.15. The summed E-state index contributed by atoms with van der Waals surface area (Å²) in [6.07, 6.45) is 3.12. The van der Waals surface area contributed by atoms with Gasteiger partial charge in [0.2, 0.25) is 0 Å². The molecule has 1 aromatic rings. The number of likely N-dealkylation sites (N-methyl/N-ethyl adjacent to an activating group) is 1. The van der Waals surface area contributed by atoms with Crippen molar-refractivity contribution in [2.45, 2.75) is 31.4 Å². The van der Waals surface area contributed by atoms with Crippen LogP contribution >= 0.6 is 11.6 Å². The van der Waals surface area contributed by atoms with Gasteiger partial charge in [-0.15, -0.1) is 11.6 Å². The SMILES string of the molecule is CC1OCCC1N(C)c1ncccc1CCl. The van der Waals surface area contributed by atoms with Gasteiger partial charge in [0.05, 0.1) is 18.0 Å². The van der Waals surface area contributed by atoms with Gasteiger partial charge in [-0.2, -0.15) is 0 Å². The molecule has 1 fully saturated rings. The molecule has 0 radical (unpaired) electrons. The van der Waals surface area contributed by atoms with Crippen molar-refractivity contribution in [2.24, 2.45) is 0 Å². The van der Waals surface area contributed by atoms with Gasteiger partial charge in [0.25, 0.3) is 0 Å². The van der Waals surface area contributed by atoms with Crippen molar-refractivity contribution < 1.29 is 4.74 Å². The van der Waals surface area contributed by atoms with Gasteiger partial charge in [0.1, 0.15) is 5.82 Å². The molecule has 0 bridgehead atoms. The van der Waals surface area contributed by atoms with Crippen LogP contribution in [0.4, 0.5) is 5.82 Å². The maximum Gasteiger partial charge on any atom is 0.133 e. The topological polar surface area (TPSA) is 25.4 Å². The zero-order valence-electron chi connectivity index (χ0n) is 9.69. The third-order valence-corrected chi connectivity index (χ3v) is 3.47. The van der Waals surface area contributed by atoms with Crippen LogP contribution in [0.3, 0.4) is 0 Å². The molecule has 4 heteroatoms. The summed E-state index contributed by atoms with van der Waals surface area (Å²) in [6.45, 7) is 2.94. The lowest BCUT2D eigenvalue weighted by Crippen LogP contribution is -2.37. The molecule has 2 rings (SSSR count). The Morgan fingerprint density at radius 1 is 1.62 bits per heavy atom. The first-order valence-corrected chi connectivity index (χ1v) is 6.11. The van der Waals surface area contributed by atoms with E-state index in [4.69, 9.17) is 16.3 Å². The molecule has 0 spiro atoms. The summed E-state index contributed by atoms with van der Waals surface area (Å²) in [6, 6.07) is 4.34. The van der Waals surface area contributed by atoms with Crippen molar-refractivity contribution in [2.75, 3.05) is 18.6 Å². The molecule has 1 aliphatic rings. The third-order valence-electron chi connectivity index (χ3n) is 3.18. The average molecular weight is 241 g/mol. The van der Waals surface area contributed by atoms with Crippen molar-refractivity contribution in [1.82, 2.24) is 4.98 Å². The van der Waals surface area contributed by atoms with Crippen molar-refractivity contribution in [3.8, 4) is 0 Å². The van der Waals surface area contributed by atoms with Crippen LogP contribution in [0.1, 0.15) is 18.9 Å². The van der Waals surface area contributed by atoms with Gasteiger partial charge in [0.15, 0.2) is 0 Å². The molecular weight excluding hydrogens is 224 g/mol. The van der Waals surface area contributed by atoms with Gasteiger partial charge < -0.3 is 9.64 Å². The van der Waals surface area contributed by atoms with Crippen LogP contribution in [0.5, 0.6) is 0 Å². The lowest BCUT2D eigenvalue weighted by Gasteiger charge is -2.29. The van der Waals surface area contributed by atoms with Crippen molar-refractivity contribution >= 4 is 17.4 Å². The molecule has 0 saturated carbocycles. The highest BCUT2D eigenvalue weighted by atomic mass is 35.5. The molecule has 2 atom stereocenters. The fourth-order valence-corrected chi connectivity index (χ4v) is 2.45. The van der Waals surface area contributed by atoms with Gasteiger partial charge >= 0.3 is 0 Å². The Kier molecular flexibility index (Phi) is 3.66. The number of pyridine rings is 1. The maximum atomic E-state index is 5.92. The standard InChI is InChI=1S/C12H17ClN2O/c1-9-11(5-7-16-9)15(2)12-10(8-13)4-3-6-14-12/h3-4,6,9,11H,5,7-8H2,1-2H3. The van der Waals surface area contributed by atoms with Crippen LogP contribution in [0.15, 0.2) is 18.3 Å². The summed E-state index contributed by atoms with van der Waals surface area (Å²) in [5, 5.41) is 0. The van der Waals surface area contributed by atoms with E-state index in [2.05, 4.69) is 23.9 Å². The molecule has 2 unspecified atom stereocenters. The number of anilines is 1. The van der Waals surface area contributed by atoms with E-state index in [1.807, 2.05) is 18.3 Å². The number of aromatic nitrogens is 1.